The molecular formula is C14H18F2N2OS. The van der Waals surface area contributed by atoms with Crippen LogP contribution in [-0.4, -0.2) is 30.8 Å². The number of thioether (sulfide) groups is 1. The number of carbonyl (C=O) groups is 1. The van der Waals surface area contributed by atoms with Gasteiger partial charge in [0.15, 0.2) is 0 Å². The molecule has 1 N–H and O–H groups in total. The van der Waals surface area contributed by atoms with Gasteiger partial charge in [0, 0.05) is 11.4 Å². The molecule has 1 aromatic carbocycles. The van der Waals surface area contributed by atoms with Gasteiger partial charge in [-0.15, -0.1) is 0 Å². The Morgan fingerprint density at radius 1 is 1.45 bits per heavy atom. The lowest BCUT2D eigenvalue weighted by atomic mass is 10.0. The number of nitrogens with one attached hydrogen (secondary N) is 1. The molecular weight excluding hydrogens is 282 g/mol. The number of amides is 1. The van der Waals surface area contributed by atoms with E-state index in [0.29, 0.717) is 28.9 Å². The maximum absolute atomic E-state index is 12.6. The molecule has 1 amide bonds. The van der Waals surface area contributed by atoms with Gasteiger partial charge < -0.3 is 10.2 Å². The second kappa shape index (κ2) is 7.04. The minimum Gasteiger partial charge on any atom is -0.310 e. The van der Waals surface area contributed by atoms with Crippen LogP contribution in [-0.2, 0) is 4.79 Å². The zero-order chi connectivity index (χ0) is 14.5. The molecule has 0 bridgehead atoms. The molecule has 0 spiro atoms. The molecule has 1 saturated heterocycles. The zero-order valence-corrected chi connectivity index (χ0v) is 12.1. The molecule has 0 aromatic heterocycles. The van der Waals surface area contributed by atoms with Crippen LogP contribution >= 0.6 is 11.8 Å². The Bertz CT molecular complexity index is 468. The van der Waals surface area contributed by atoms with E-state index in [2.05, 4.69) is 5.32 Å². The van der Waals surface area contributed by atoms with E-state index in [1.807, 2.05) is 6.92 Å². The summed E-state index contributed by atoms with van der Waals surface area (Å²) >= 11 is 0.488. The van der Waals surface area contributed by atoms with Crippen LogP contribution in [0, 0.1) is 0 Å². The van der Waals surface area contributed by atoms with Crippen molar-refractivity contribution in [1.82, 2.24) is 5.32 Å². The Morgan fingerprint density at radius 2 is 2.20 bits per heavy atom. The summed E-state index contributed by atoms with van der Waals surface area (Å²) in [6, 6.07) is 6.64. The predicted molar refractivity (Wildman–Crippen MR) is 77.4 cm³/mol. The molecule has 0 radical (unpaired) electrons. The number of alkyl halides is 2. The first-order valence-corrected chi connectivity index (χ1v) is 7.60. The van der Waals surface area contributed by atoms with Crippen molar-refractivity contribution in [1.29, 1.82) is 0 Å². The summed E-state index contributed by atoms with van der Waals surface area (Å²) in [5.74, 6) is -2.51. The highest BCUT2D eigenvalue weighted by Crippen LogP contribution is 2.35. The lowest BCUT2D eigenvalue weighted by Gasteiger charge is -2.33. The van der Waals surface area contributed by atoms with E-state index in [0.717, 1.165) is 19.4 Å². The van der Waals surface area contributed by atoms with E-state index in [-0.39, 0.29) is 11.9 Å². The summed E-state index contributed by atoms with van der Waals surface area (Å²) in [4.78, 5) is 14.5. The van der Waals surface area contributed by atoms with E-state index in [4.69, 9.17) is 0 Å². The Labute approximate surface area is 121 Å². The third-order valence-corrected chi connectivity index (χ3v) is 4.04. The molecule has 1 aliphatic heterocycles. The van der Waals surface area contributed by atoms with Crippen LogP contribution in [0.4, 0.5) is 14.5 Å². The van der Waals surface area contributed by atoms with Gasteiger partial charge in [0.25, 0.3) is 5.76 Å². The number of benzene rings is 1. The van der Waals surface area contributed by atoms with Gasteiger partial charge in [0.05, 0.1) is 11.7 Å². The third kappa shape index (κ3) is 3.49. The molecule has 20 heavy (non-hydrogen) atoms. The number of likely N-dealkylation sites (N-methyl/N-ethyl adjacent to an activating group) is 1. The van der Waals surface area contributed by atoms with Crippen molar-refractivity contribution in [2.45, 2.75) is 36.5 Å². The van der Waals surface area contributed by atoms with Crippen LogP contribution in [0.3, 0.4) is 0 Å². The summed E-state index contributed by atoms with van der Waals surface area (Å²) in [5, 5.41) is 3.15. The standard InChI is InChI=1S/C14H18F2N2OS/c1-2-17-10-6-5-9-18(13(10)19)11-7-3-4-8-12(11)20-14(15)16/h3-4,7-8,10,14,17H,2,5-6,9H2,1H3. The Balaban J connectivity index is 2.23. The lowest BCUT2D eigenvalue weighted by Crippen LogP contribution is -2.51. The number of para-hydroxylation sites is 1. The fourth-order valence-electron chi connectivity index (χ4n) is 2.43. The molecule has 1 heterocycles. The first-order chi connectivity index (χ1) is 9.63. The van der Waals surface area contributed by atoms with Crippen molar-refractivity contribution >= 4 is 23.4 Å². The van der Waals surface area contributed by atoms with Gasteiger partial charge in [0.2, 0.25) is 5.91 Å². The predicted octanol–water partition coefficient (Wildman–Crippen LogP) is 3.11. The van der Waals surface area contributed by atoms with Crippen LogP contribution in [0.1, 0.15) is 19.8 Å². The number of carbonyl (C=O) groups excluding carboxylic acids is 1. The van der Waals surface area contributed by atoms with Gasteiger partial charge in [0.1, 0.15) is 0 Å². The van der Waals surface area contributed by atoms with E-state index >= 15 is 0 Å². The van der Waals surface area contributed by atoms with Crippen molar-refractivity contribution in [3.63, 3.8) is 0 Å². The van der Waals surface area contributed by atoms with Crippen LogP contribution < -0.4 is 10.2 Å². The van der Waals surface area contributed by atoms with Gasteiger partial charge in [-0.25, -0.2) is 0 Å². The van der Waals surface area contributed by atoms with Crippen LogP contribution in [0.5, 0.6) is 0 Å². The highest BCUT2D eigenvalue weighted by Gasteiger charge is 2.30. The maximum Gasteiger partial charge on any atom is 0.288 e. The topological polar surface area (TPSA) is 32.3 Å². The van der Waals surface area contributed by atoms with E-state index < -0.39 is 5.76 Å². The molecule has 0 saturated carbocycles. The number of piperidine rings is 1. The number of nitrogens with zero attached hydrogens (tertiary/aromatic N) is 1. The molecule has 1 aromatic rings. The summed E-state index contributed by atoms with van der Waals surface area (Å²) in [5.41, 5.74) is 0.588. The minimum atomic E-state index is -2.49. The van der Waals surface area contributed by atoms with E-state index in [9.17, 15) is 13.6 Å². The summed E-state index contributed by atoms with van der Waals surface area (Å²) < 4.78 is 25.2. The minimum absolute atomic E-state index is 0.0274. The lowest BCUT2D eigenvalue weighted by molar-refractivity contribution is -0.121. The van der Waals surface area contributed by atoms with Gasteiger partial charge in [-0.1, -0.05) is 30.8 Å². The average Bonchev–Trinajstić information content (AvgIpc) is 2.42. The average molecular weight is 300 g/mol. The first-order valence-electron chi connectivity index (χ1n) is 6.72. The number of halogens is 2. The van der Waals surface area contributed by atoms with Gasteiger partial charge in [-0.3, -0.25) is 4.79 Å². The maximum atomic E-state index is 12.6. The zero-order valence-electron chi connectivity index (χ0n) is 11.3. The highest BCUT2D eigenvalue weighted by atomic mass is 32.2. The molecule has 3 nitrogen and oxygen atoms in total. The number of anilines is 1. The second-order valence-corrected chi connectivity index (χ2v) is 5.62. The van der Waals surface area contributed by atoms with Crippen molar-refractivity contribution in [3.05, 3.63) is 24.3 Å². The SMILES string of the molecule is CCNC1CCCN(c2ccccc2SC(F)F)C1=O. The molecule has 2 rings (SSSR count). The van der Waals surface area contributed by atoms with Crippen molar-refractivity contribution < 1.29 is 13.6 Å². The fraction of sp³-hybridized carbons (Fsp3) is 0.500. The smallest absolute Gasteiger partial charge is 0.288 e. The summed E-state index contributed by atoms with van der Waals surface area (Å²) in [6.07, 6.45) is 1.67. The van der Waals surface area contributed by atoms with E-state index in [1.165, 1.54) is 0 Å². The number of rotatable bonds is 5. The van der Waals surface area contributed by atoms with Crippen molar-refractivity contribution in [3.8, 4) is 0 Å². The van der Waals surface area contributed by atoms with Gasteiger partial charge >= 0.3 is 0 Å². The fourth-order valence-corrected chi connectivity index (χ4v) is 3.07. The van der Waals surface area contributed by atoms with Crippen molar-refractivity contribution in [2.24, 2.45) is 0 Å². The monoisotopic (exact) mass is 300 g/mol. The van der Waals surface area contributed by atoms with Crippen molar-refractivity contribution in [2.75, 3.05) is 18.0 Å². The number of hydrogen-bond donors (Lipinski definition) is 1. The molecule has 1 atom stereocenters. The number of hydrogen-bond acceptors (Lipinski definition) is 3. The highest BCUT2D eigenvalue weighted by molar-refractivity contribution is 7.99. The quantitative estimate of drug-likeness (QED) is 0.848. The molecule has 1 aliphatic rings. The largest absolute Gasteiger partial charge is 0.310 e. The van der Waals surface area contributed by atoms with Crippen LogP contribution in [0.15, 0.2) is 29.2 Å². The molecule has 1 unspecified atom stereocenters. The molecule has 110 valence electrons. The Kier molecular flexibility index (Phi) is 5.37. The Morgan fingerprint density at radius 3 is 2.90 bits per heavy atom. The Hall–Kier alpha value is -1.14. The summed E-state index contributed by atoms with van der Waals surface area (Å²) in [7, 11) is 0. The van der Waals surface area contributed by atoms with E-state index in [1.54, 1.807) is 29.2 Å². The van der Waals surface area contributed by atoms with Gasteiger partial charge in [-0.05, 0) is 31.5 Å². The first kappa shape index (κ1) is 15.3. The second-order valence-electron chi connectivity index (χ2n) is 4.59. The summed E-state index contributed by atoms with van der Waals surface area (Å²) in [6.45, 7) is 3.26. The van der Waals surface area contributed by atoms with Crippen LogP contribution in [0.2, 0.25) is 0 Å². The molecule has 1 fully saturated rings. The van der Waals surface area contributed by atoms with Gasteiger partial charge in [-0.2, -0.15) is 8.78 Å². The molecule has 6 heteroatoms. The normalized spacial score (nSPS) is 19.7. The third-order valence-electron chi connectivity index (χ3n) is 3.26. The molecule has 0 aliphatic carbocycles. The van der Waals surface area contributed by atoms with Crippen LogP contribution in [0.25, 0.3) is 0 Å².